The molecule has 0 aromatic carbocycles. The maximum atomic E-state index is 11.0. The highest BCUT2D eigenvalue weighted by Crippen LogP contribution is 2.17. The molecule has 82 valence electrons. The molecule has 1 aromatic heterocycles. The summed E-state index contributed by atoms with van der Waals surface area (Å²) in [7, 11) is 0. The van der Waals surface area contributed by atoms with E-state index in [0.717, 1.165) is 5.56 Å². The van der Waals surface area contributed by atoms with Crippen molar-refractivity contribution in [2.24, 2.45) is 0 Å². The Morgan fingerprint density at radius 2 is 2.14 bits per heavy atom. The van der Waals surface area contributed by atoms with Crippen molar-refractivity contribution in [2.45, 2.75) is 13.3 Å². The Hall–Kier alpha value is -0.450. The number of nitrogens with two attached hydrogens (primary N) is 1. The number of carbonyl (C=O) groups is 1. The summed E-state index contributed by atoms with van der Waals surface area (Å²) >= 11 is 1.49. The van der Waals surface area contributed by atoms with Gasteiger partial charge in [-0.15, -0.1) is 36.2 Å². The fourth-order valence-corrected chi connectivity index (χ4v) is 1.59. The van der Waals surface area contributed by atoms with E-state index in [-0.39, 0.29) is 37.2 Å². The third-order valence-electron chi connectivity index (χ3n) is 1.42. The van der Waals surface area contributed by atoms with Crippen molar-refractivity contribution in [1.29, 1.82) is 0 Å². The molecule has 0 spiro atoms. The summed E-state index contributed by atoms with van der Waals surface area (Å²) in [6.07, 6.45) is 0.281. The van der Waals surface area contributed by atoms with Gasteiger partial charge < -0.3 is 10.5 Å². The molecule has 0 saturated heterocycles. The van der Waals surface area contributed by atoms with Gasteiger partial charge in [0.25, 0.3) is 0 Å². The third kappa shape index (κ3) is 4.69. The van der Waals surface area contributed by atoms with E-state index in [2.05, 4.69) is 0 Å². The minimum absolute atomic E-state index is 0. The van der Waals surface area contributed by atoms with Crippen molar-refractivity contribution < 1.29 is 9.53 Å². The zero-order chi connectivity index (χ0) is 8.97. The number of halogens is 2. The lowest BCUT2D eigenvalue weighted by molar-refractivity contribution is -0.142. The normalized spacial score (nSPS) is 8.36. The molecule has 14 heavy (non-hydrogen) atoms. The number of carbonyl (C=O) groups excluding carboxylic acids is 1. The second-order valence-corrected chi connectivity index (χ2v) is 3.08. The van der Waals surface area contributed by atoms with Gasteiger partial charge in [-0.1, -0.05) is 0 Å². The Balaban J connectivity index is 0. The van der Waals surface area contributed by atoms with Gasteiger partial charge in [0.1, 0.15) is 0 Å². The van der Waals surface area contributed by atoms with E-state index in [1.165, 1.54) is 11.3 Å². The molecule has 1 heterocycles. The van der Waals surface area contributed by atoms with Crippen molar-refractivity contribution in [3.05, 3.63) is 16.3 Å². The highest BCUT2D eigenvalue weighted by atomic mass is 35.5. The fraction of sp³-hybridized carbons (Fsp3) is 0.375. The first-order valence-electron chi connectivity index (χ1n) is 3.70. The van der Waals surface area contributed by atoms with Gasteiger partial charge in [-0.05, 0) is 17.9 Å². The monoisotopic (exact) mass is 257 g/mol. The van der Waals surface area contributed by atoms with Crippen LogP contribution >= 0.6 is 36.2 Å². The number of thiophene rings is 1. The fourth-order valence-electron chi connectivity index (χ4n) is 0.844. The molecule has 3 nitrogen and oxygen atoms in total. The molecule has 6 heteroatoms. The number of nitrogen functional groups attached to an aromatic ring is 1. The van der Waals surface area contributed by atoms with Crippen LogP contribution in [0.3, 0.4) is 0 Å². The quantitative estimate of drug-likeness (QED) is 0.846. The predicted octanol–water partition coefficient (Wildman–Crippen LogP) is 2.28. The molecule has 0 saturated carbocycles. The highest BCUT2D eigenvalue weighted by Gasteiger charge is 2.06. The van der Waals surface area contributed by atoms with E-state index in [1.54, 1.807) is 6.92 Å². The number of esters is 1. The molecule has 0 unspecified atom stereocenters. The lowest BCUT2D eigenvalue weighted by Gasteiger charge is -2.00. The average molecular weight is 258 g/mol. The molecular formula is C8H13Cl2NO2S. The number of anilines is 1. The van der Waals surface area contributed by atoms with Crippen molar-refractivity contribution in [3.63, 3.8) is 0 Å². The Morgan fingerprint density at radius 1 is 1.50 bits per heavy atom. The van der Waals surface area contributed by atoms with Crippen LogP contribution in [-0.4, -0.2) is 12.6 Å². The second kappa shape index (κ2) is 7.91. The second-order valence-electron chi connectivity index (χ2n) is 2.33. The average Bonchev–Trinajstić information content (AvgIpc) is 2.37. The van der Waals surface area contributed by atoms with Crippen LogP contribution in [0.25, 0.3) is 0 Å². The molecule has 2 N–H and O–H groups in total. The topological polar surface area (TPSA) is 52.3 Å². The van der Waals surface area contributed by atoms with Gasteiger partial charge >= 0.3 is 5.97 Å². The Morgan fingerprint density at radius 3 is 2.57 bits per heavy atom. The zero-order valence-corrected chi connectivity index (χ0v) is 10.1. The summed E-state index contributed by atoms with van der Waals surface area (Å²) in [5.74, 6) is -0.220. The minimum Gasteiger partial charge on any atom is -0.466 e. The van der Waals surface area contributed by atoms with Crippen LogP contribution in [0.15, 0.2) is 10.8 Å². The number of ether oxygens (including phenoxy) is 1. The summed E-state index contributed by atoms with van der Waals surface area (Å²) in [6, 6.07) is 0. The number of hydrogen-bond acceptors (Lipinski definition) is 4. The Labute approximate surface area is 99.5 Å². The molecule has 0 aliphatic heterocycles. The largest absolute Gasteiger partial charge is 0.466 e. The minimum atomic E-state index is -0.220. The first-order chi connectivity index (χ1) is 5.74. The van der Waals surface area contributed by atoms with Gasteiger partial charge in [0.15, 0.2) is 0 Å². The van der Waals surface area contributed by atoms with E-state index in [9.17, 15) is 4.79 Å². The number of rotatable bonds is 3. The van der Waals surface area contributed by atoms with E-state index < -0.39 is 0 Å². The molecule has 0 atom stereocenters. The molecule has 0 bridgehead atoms. The summed E-state index contributed by atoms with van der Waals surface area (Å²) < 4.78 is 4.78. The van der Waals surface area contributed by atoms with Gasteiger partial charge in [0, 0.05) is 11.1 Å². The molecule has 0 radical (unpaired) electrons. The van der Waals surface area contributed by atoms with Crippen molar-refractivity contribution in [1.82, 2.24) is 0 Å². The SMILES string of the molecule is CCOC(=O)Cc1cscc1N.Cl.Cl. The van der Waals surface area contributed by atoms with Crippen molar-refractivity contribution >= 4 is 47.8 Å². The van der Waals surface area contributed by atoms with Crippen LogP contribution in [0.1, 0.15) is 12.5 Å². The zero-order valence-electron chi connectivity index (χ0n) is 7.69. The molecule has 0 fully saturated rings. The van der Waals surface area contributed by atoms with Gasteiger partial charge in [-0.2, -0.15) is 0 Å². The summed E-state index contributed by atoms with van der Waals surface area (Å²) in [5.41, 5.74) is 7.12. The van der Waals surface area contributed by atoms with Crippen molar-refractivity contribution in [2.75, 3.05) is 12.3 Å². The molecule has 0 aliphatic carbocycles. The molecule has 1 rings (SSSR count). The molecule has 1 aromatic rings. The van der Waals surface area contributed by atoms with Gasteiger partial charge in [-0.3, -0.25) is 4.79 Å². The Kier molecular flexibility index (Phi) is 9.04. The third-order valence-corrected chi connectivity index (χ3v) is 2.23. The van der Waals surface area contributed by atoms with E-state index in [4.69, 9.17) is 10.5 Å². The molecule has 0 aliphatic rings. The van der Waals surface area contributed by atoms with Gasteiger partial charge in [0.05, 0.1) is 13.0 Å². The van der Waals surface area contributed by atoms with Crippen LogP contribution in [-0.2, 0) is 16.0 Å². The molecule has 0 amide bonds. The smallest absolute Gasteiger partial charge is 0.310 e. The van der Waals surface area contributed by atoms with Crippen LogP contribution in [0.5, 0.6) is 0 Å². The van der Waals surface area contributed by atoms with Crippen LogP contribution in [0.4, 0.5) is 5.69 Å². The van der Waals surface area contributed by atoms with Crippen LogP contribution < -0.4 is 5.73 Å². The maximum absolute atomic E-state index is 11.0. The highest BCUT2D eigenvalue weighted by molar-refractivity contribution is 7.08. The van der Waals surface area contributed by atoms with E-state index >= 15 is 0 Å². The summed E-state index contributed by atoms with van der Waals surface area (Å²) in [6.45, 7) is 2.21. The Bertz CT molecular complexity index is 278. The van der Waals surface area contributed by atoms with Gasteiger partial charge in [0.2, 0.25) is 0 Å². The van der Waals surface area contributed by atoms with Gasteiger partial charge in [-0.25, -0.2) is 0 Å². The standard InChI is InChI=1S/C8H11NO2S.2ClH/c1-2-11-8(10)3-6-4-12-5-7(6)9;;/h4-5H,2-3,9H2,1H3;2*1H. The van der Waals surface area contributed by atoms with E-state index in [1.807, 2.05) is 10.8 Å². The number of hydrogen-bond donors (Lipinski definition) is 1. The van der Waals surface area contributed by atoms with Crippen LogP contribution in [0, 0.1) is 0 Å². The lowest BCUT2D eigenvalue weighted by atomic mass is 10.2. The lowest BCUT2D eigenvalue weighted by Crippen LogP contribution is -2.07. The van der Waals surface area contributed by atoms with E-state index in [0.29, 0.717) is 12.3 Å². The predicted molar refractivity (Wildman–Crippen MR) is 63.6 cm³/mol. The van der Waals surface area contributed by atoms with Crippen molar-refractivity contribution in [3.8, 4) is 0 Å². The maximum Gasteiger partial charge on any atom is 0.310 e. The first-order valence-corrected chi connectivity index (χ1v) is 4.64. The summed E-state index contributed by atoms with van der Waals surface area (Å²) in [5, 5.41) is 3.68. The summed E-state index contributed by atoms with van der Waals surface area (Å²) in [4.78, 5) is 11.0. The first kappa shape index (κ1) is 16.0. The molecular weight excluding hydrogens is 245 g/mol. The van der Waals surface area contributed by atoms with Crippen LogP contribution in [0.2, 0.25) is 0 Å².